The summed E-state index contributed by atoms with van der Waals surface area (Å²) in [6.07, 6.45) is 6.68. The molecule has 0 unspecified atom stereocenters. The fraction of sp³-hybridized carbons (Fsp3) is 0.188. The van der Waals surface area contributed by atoms with Gasteiger partial charge < -0.3 is 5.32 Å². The molecule has 0 radical (unpaired) electrons. The van der Waals surface area contributed by atoms with Crippen molar-refractivity contribution in [2.45, 2.75) is 20.4 Å². The van der Waals surface area contributed by atoms with Crippen LogP contribution in [0, 0.1) is 13.8 Å². The monoisotopic (exact) mass is 320 g/mol. The fourth-order valence-electron chi connectivity index (χ4n) is 2.74. The normalized spacial score (nSPS) is 11.1. The van der Waals surface area contributed by atoms with Crippen LogP contribution in [0.4, 0.5) is 5.69 Å². The number of pyridine rings is 1. The molecule has 0 amide bonds. The molecule has 4 rings (SSSR count). The minimum absolute atomic E-state index is 0.597. The van der Waals surface area contributed by atoms with E-state index < -0.39 is 0 Å². The number of imidazole rings is 1. The van der Waals surface area contributed by atoms with E-state index in [0.29, 0.717) is 18.1 Å². The maximum absolute atomic E-state index is 4.46. The highest BCUT2D eigenvalue weighted by Gasteiger charge is 2.10. The molecule has 0 atom stereocenters. The number of rotatable bonds is 4. The zero-order valence-corrected chi connectivity index (χ0v) is 13.4. The first kappa shape index (κ1) is 14.3. The average molecular weight is 320 g/mol. The van der Waals surface area contributed by atoms with Gasteiger partial charge in [0.15, 0.2) is 5.82 Å². The van der Waals surface area contributed by atoms with Crippen LogP contribution in [0.1, 0.15) is 17.1 Å². The predicted molar refractivity (Wildman–Crippen MR) is 88.9 cm³/mol. The molecule has 4 aromatic rings. The summed E-state index contributed by atoms with van der Waals surface area (Å²) in [7, 11) is 0. The number of aromatic nitrogens is 7. The van der Waals surface area contributed by atoms with Gasteiger partial charge in [-0.1, -0.05) is 0 Å². The molecule has 0 saturated heterocycles. The fourth-order valence-corrected chi connectivity index (χ4v) is 2.74. The molecule has 4 heterocycles. The largest absolute Gasteiger partial charge is 0.376 e. The molecule has 0 saturated carbocycles. The van der Waals surface area contributed by atoms with Gasteiger partial charge in [0, 0.05) is 17.6 Å². The second-order valence-electron chi connectivity index (χ2n) is 5.49. The highest BCUT2D eigenvalue weighted by molar-refractivity contribution is 5.56. The van der Waals surface area contributed by atoms with Crippen molar-refractivity contribution in [1.82, 2.24) is 34.1 Å². The van der Waals surface area contributed by atoms with Crippen LogP contribution in [-0.4, -0.2) is 34.1 Å². The molecule has 0 fully saturated rings. The van der Waals surface area contributed by atoms with Gasteiger partial charge in [-0.15, -0.1) is 0 Å². The summed E-state index contributed by atoms with van der Waals surface area (Å²) < 4.78 is 3.68. The number of aryl methyl sites for hydroxylation is 2. The van der Waals surface area contributed by atoms with Crippen molar-refractivity contribution in [3.05, 3.63) is 60.3 Å². The number of hydrogen-bond acceptors (Lipinski definition) is 6. The van der Waals surface area contributed by atoms with Gasteiger partial charge in [0.05, 0.1) is 24.1 Å². The predicted octanol–water partition coefficient (Wildman–Crippen LogP) is 1.93. The van der Waals surface area contributed by atoms with E-state index in [1.165, 1.54) is 6.33 Å². The lowest BCUT2D eigenvalue weighted by Crippen LogP contribution is -2.09. The van der Waals surface area contributed by atoms with Crippen LogP contribution in [0.25, 0.3) is 11.6 Å². The van der Waals surface area contributed by atoms with Gasteiger partial charge in [-0.2, -0.15) is 5.10 Å². The minimum Gasteiger partial charge on any atom is -0.376 e. The molecule has 8 heteroatoms. The van der Waals surface area contributed by atoms with E-state index in [9.17, 15) is 0 Å². The molecule has 1 N–H and O–H groups in total. The van der Waals surface area contributed by atoms with E-state index in [4.69, 9.17) is 0 Å². The number of hydrogen-bond donors (Lipinski definition) is 1. The van der Waals surface area contributed by atoms with Crippen LogP contribution in [-0.2, 0) is 6.54 Å². The second-order valence-corrected chi connectivity index (χ2v) is 5.49. The van der Waals surface area contributed by atoms with Gasteiger partial charge in [0.2, 0.25) is 5.78 Å². The Labute approximate surface area is 138 Å². The second kappa shape index (κ2) is 5.73. The average Bonchev–Trinajstić information content (AvgIpc) is 3.23. The topological polar surface area (TPSA) is 85.8 Å². The van der Waals surface area contributed by atoms with E-state index in [1.54, 1.807) is 17.2 Å². The zero-order chi connectivity index (χ0) is 16.5. The molecular weight excluding hydrogens is 304 g/mol. The summed E-state index contributed by atoms with van der Waals surface area (Å²) in [5.41, 5.74) is 3.97. The summed E-state index contributed by atoms with van der Waals surface area (Å²) in [6.45, 7) is 4.62. The van der Waals surface area contributed by atoms with Gasteiger partial charge in [-0.05, 0) is 32.0 Å². The SMILES string of the molecule is Cc1cc(C)n2c(CNc3cccnc3-n3cncn3)cnc2n1. The number of anilines is 1. The van der Waals surface area contributed by atoms with Gasteiger partial charge >= 0.3 is 0 Å². The summed E-state index contributed by atoms with van der Waals surface area (Å²) in [6, 6.07) is 5.89. The Hall–Kier alpha value is -3.29. The quantitative estimate of drug-likeness (QED) is 0.618. The van der Waals surface area contributed by atoms with Crippen LogP contribution >= 0.6 is 0 Å². The molecule has 0 aliphatic carbocycles. The number of fused-ring (bicyclic) bond motifs is 1. The Morgan fingerprint density at radius 1 is 1.21 bits per heavy atom. The minimum atomic E-state index is 0.597. The third kappa shape index (κ3) is 2.47. The molecule has 24 heavy (non-hydrogen) atoms. The van der Waals surface area contributed by atoms with Gasteiger partial charge in [0.25, 0.3) is 0 Å². The Balaban J connectivity index is 1.65. The van der Waals surface area contributed by atoms with Gasteiger partial charge in [-0.25, -0.2) is 24.6 Å². The van der Waals surface area contributed by atoms with Crippen molar-refractivity contribution >= 4 is 11.5 Å². The van der Waals surface area contributed by atoms with Crippen molar-refractivity contribution in [1.29, 1.82) is 0 Å². The molecule has 8 nitrogen and oxygen atoms in total. The summed E-state index contributed by atoms with van der Waals surface area (Å²) in [4.78, 5) is 17.2. The lowest BCUT2D eigenvalue weighted by Gasteiger charge is -2.11. The van der Waals surface area contributed by atoms with Crippen LogP contribution in [0.2, 0.25) is 0 Å². The number of nitrogens with zero attached hydrogens (tertiary/aromatic N) is 7. The van der Waals surface area contributed by atoms with Crippen molar-refractivity contribution in [2.75, 3.05) is 5.32 Å². The lowest BCUT2D eigenvalue weighted by molar-refractivity contribution is 0.842. The first-order chi connectivity index (χ1) is 11.7. The van der Waals surface area contributed by atoms with E-state index in [-0.39, 0.29) is 0 Å². The Morgan fingerprint density at radius 3 is 2.96 bits per heavy atom. The third-order valence-corrected chi connectivity index (χ3v) is 3.75. The first-order valence-electron chi connectivity index (χ1n) is 7.57. The Morgan fingerprint density at radius 2 is 2.12 bits per heavy atom. The first-order valence-corrected chi connectivity index (χ1v) is 7.57. The molecule has 120 valence electrons. The molecule has 4 aromatic heterocycles. The third-order valence-electron chi connectivity index (χ3n) is 3.75. The Kier molecular flexibility index (Phi) is 3.42. The van der Waals surface area contributed by atoms with E-state index in [1.807, 2.05) is 35.7 Å². The summed E-state index contributed by atoms with van der Waals surface area (Å²) in [5.74, 6) is 1.42. The lowest BCUT2D eigenvalue weighted by atomic mass is 10.3. The van der Waals surface area contributed by atoms with Crippen molar-refractivity contribution in [2.24, 2.45) is 0 Å². The van der Waals surface area contributed by atoms with E-state index >= 15 is 0 Å². The van der Waals surface area contributed by atoms with Gasteiger partial charge in [0.1, 0.15) is 12.7 Å². The molecule has 0 bridgehead atoms. The standard InChI is InChI=1S/C16H16N8/c1-11-6-12(2)24-13(8-20-16(24)22-11)7-19-14-4-3-5-18-15(14)23-10-17-9-21-23/h3-6,8-10,19H,7H2,1-2H3. The Bertz CT molecular complexity index is 987. The molecule has 0 aliphatic rings. The molecule has 0 spiro atoms. The molecule has 0 aromatic carbocycles. The van der Waals surface area contributed by atoms with Crippen LogP contribution in [0.15, 0.2) is 43.2 Å². The van der Waals surface area contributed by atoms with Crippen molar-refractivity contribution < 1.29 is 0 Å². The highest BCUT2D eigenvalue weighted by Crippen LogP contribution is 2.18. The zero-order valence-electron chi connectivity index (χ0n) is 13.4. The van der Waals surface area contributed by atoms with Crippen LogP contribution in [0.3, 0.4) is 0 Å². The highest BCUT2D eigenvalue weighted by atomic mass is 15.3. The smallest absolute Gasteiger partial charge is 0.234 e. The maximum atomic E-state index is 4.46. The van der Waals surface area contributed by atoms with E-state index in [2.05, 4.69) is 37.3 Å². The maximum Gasteiger partial charge on any atom is 0.234 e. The van der Waals surface area contributed by atoms with Crippen molar-refractivity contribution in [3.63, 3.8) is 0 Å². The summed E-state index contributed by atoms with van der Waals surface area (Å²) >= 11 is 0. The summed E-state index contributed by atoms with van der Waals surface area (Å²) in [5, 5.41) is 7.54. The van der Waals surface area contributed by atoms with Crippen molar-refractivity contribution in [3.8, 4) is 5.82 Å². The molecule has 0 aliphatic heterocycles. The molecular formula is C16H16N8. The van der Waals surface area contributed by atoms with Crippen LogP contribution < -0.4 is 5.32 Å². The van der Waals surface area contributed by atoms with E-state index in [0.717, 1.165) is 22.8 Å². The van der Waals surface area contributed by atoms with Gasteiger partial charge in [-0.3, -0.25) is 4.40 Å². The van der Waals surface area contributed by atoms with Crippen LogP contribution in [0.5, 0.6) is 0 Å². The number of nitrogens with one attached hydrogen (secondary N) is 1.